The lowest BCUT2D eigenvalue weighted by Crippen LogP contribution is -2.41. The van der Waals surface area contributed by atoms with Gasteiger partial charge in [0.15, 0.2) is 0 Å². The Bertz CT molecular complexity index is 486. The third-order valence-corrected chi connectivity index (χ3v) is 3.20. The van der Waals surface area contributed by atoms with Crippen molar-refractivity contribution in [2.75, 3.05) is 6.61 Å². The summed E-state index contributed by atoms with van der Waals surface area (Å²) in [7, 11) is -3.81. The Balaban J connectivity index is 2.69. The first-order valence-corrected chi connectivity index (χ1v) is 6.52. The van der Waals surface area contributed by atoms with Crippen molar-refractivity contribution >= 4 is 27.7 Å². The number of nitrogens with one attached hydrogen (secondary N) is 2. The van der Waals surface area contributed by atoms with Crippen molar-refractivity contribution in [1.29, 1.82) is 0 Å². The van der Waals surface area contributed by atoms with Crippen molar-refractivity contribution in [3.63, 3.8) is 0 Å². The molecule has 1 aromatic carbocycles. The molecule has 0 spiro atoms. The fraction of sp³-hybridized carbons (Fsp3) is 0.222. The maximum atomic E-state index is 11.6. The Morgan fingerprint density at radius 2 is 1.94 bits per heavy atom. The quantitative estimate of drug-likeness (QED) is 0.813. The average Bonchev–Trinajstić information content (AvgIpc) is 2.28. The van der Waals surface area contributed by atoms with E-state index in [1.54, 1.807) is 6.92 Å². The fourth-order valence-electron chi connectivity index (χ4n) is 0.949. The molecule has 8 heteroatoms. The molecule has 0 aliphatic carbocycles. The van der Waals surface area contributed by atoms with Gasteiger partial charge in [0.1, 0.15) is 0 Å². The smallest absolute Gasteiger partial charge is 0.422 e. The van der Waals surface area contributed by atoms with Gasteiger partial charge >= 0.3 is 6.09 Å². The molecule has 0 aliphatic heterocycles. The molecule has 0 atom stereocenters. The third-order valence-electron chi connectivity index (χ3n) is 1.69. The van der Waals surface area contributed by atoms with E-state index in [0.29, 0.717) is 5.02 Å². The number of carbonyl (C=O) groups is 1. The summed E-state index contributed by atoms with van der Waals surface area (Å²) < 4.78 is 27.7. The van der Waals surface area contributed by atoms with Gasteiger partial charge in [0.05, 0.1) is 11.5 Å². The highest BCUT2D eigenvalue weighted by atomic mass is 35.5. The molecule has 1 amide bonds. The standard InChI is InChI=1S/C9H11ClN2O4S/c1-2-16-9(13)11-12-17(14,15)8-5-3-7(10)4-6-8/h3-6,12H,2H2,1H3,(H,11,13). The van der Waals surface area contributed by atoms with Gasteiger partial charge in [-0.2, -0.15) is 0 Å². The van der Waals surface area contributed by atoms with E-state index in [2.05, 4.69) is 4.74 Å². The van der Waals surface area contributed by atoms with Crippen LogP contribution >= 0.6 is 11.6 Å². The van der Waals surface area contributed by atoms with E-state index in [1.165, 1.54) is 24.3 Å². The molecule has 0 unspecified atom stereocenters. The highest BCUT2D eigenvalue weighted by molar-refractivity contribution is 7.89. The van der Waals surface area contributed by atoms with E-state index in [0.717, 1.165) is 0 Å². The Morgan fingerprint density at radius 3 is 2.47 bits per heavy atom. The Kier molecular flexibility index (Phi) is 4.73. The zero-order valence-electron chi connectivity index (χ0n) is 8.94. The van der Waals surface area contributed by atoms with Crippen LogP contribution in [0.4, 0.5) is 4.79 Å². The molecule has 0 saturated heterocycles. The predicted octanol–water partition coefficient (Wildman–Crippen LogP) is 1.28. The zero-order valence-corrected chi connectivity index (χ0v) is 10.5. The van der Waals surface area contributed by atoms with Gasteiger partial charge in [0.2, 0.25) is 0 Å². The molecule has 0 saturated carbocycles. The zero-order chi connectivity index (χ0) is 12.9. The molecule has 1 rings (SSSR count). The van der Waals surface area contributed by atoms with E-state index in [4.69, 9.17) is 11.6 Å². The summed E-state index contributed by atoms with van der Waals surface area (Å²) in [5.74, 6) is 0. The van der Waals surface area contributed by atoms with Gasteiger partial charge in [-0.05, 0) is 31.2 Å². The number of benzene rings is 1. The van der Waals surface area contributed by atoms with Crippen molar-refractivity contribution in [2.45, 2.75) is 11.8 Å². The molecule has 94 valence electrons. The molecule has 17 heavy (non-hydrogen) atoms. The van der Waals surface area contributed by atoms with Gasteiger partial charge in [-0.25, -0.2) is 18.6 Å². The molecule has 0 aliphatic rings. The third kappa shape index (κ3) is 4.22. The monoisotopic (exact) mass is 278 g/mol. The lowest BCUT2D eigenvalue weighted by molar-refractivity contribution is 0.150. The maximum absolute atomic E-state index is 11.6. The van der Waals surface area contributed by atoms with E-state index in [-0.39, 0.29) is 11.5 Å². The number of amides is 1. The lowest BCUT2D eigenvalue weighted by atomic mass is 10.4. The number of hydrogen-bond donors (Lipinski definition) is 2. The van der Waals surface area contributed by atoms with Crippen LogP contribution in [-0.2, 0) is 14.8 Å². The van der Waals surface area contributed by atoms with Crippen molar-refractivity contribution in [3.8, 4) is 0 Å². The summed E-state index contributed by atoms with van der Waals surface area (Å²) >= 11 is 5.63. The Hall–Kier alpha value is -1.31. The van der Waals surface area contributed by atoms with Crippen LogP contribution in [0.1, 0.15) is 6.92 Å². The number of ether oxygens (including phenoxy) is 1. The fourth-order valence-corrected chi connectivity index (χ4v) is 1.90. The highest BCUT2D eigenvalue weighted by Gasteiger charge is 2.14. The molecule has 6 nitrogen and oxygen atoms in total. The first-order chi connectivity index (χ1) is 7.95. The molecule has 1 aromatic rings. The van der Waals surface area contributed by atoms with Crippen LogP contribution in [0.5, 0.6) is 0 Å². The van der Waals surface area contributed by atoms with Crippen LogP contribution in [0.25, 0.3) is 0 Å². The minimum atomic E-state index is -3.81. The van der Waals surface area contributed by atoms with Crippen LogP contribution in [0, 0.1) is 0 Å². The van der Waals surface area contributed by atoms with Crippen LogP contribution in [0.2, 0.25) is 5.02 Å². The van der Waals surface area contributed by atoms with Crippen LogP contribution < -0.4 is 10.3 Å². The summed E-state index contributed by atoms with van der Waals surface area (Å²) in [5.41, 5.74) is 1.90. The number of hydrazine groups is 1. The molecule has 0 radical (unpaired) electrons. The maximum Gasteiger partial charge on any atom is 0.422 e. The number of carbonyl (C=O) groups excluding carboxylic acids is 1. The molecular weight excluding hydrogens is 268 g/mol. The van der Waals surface area contributed by atoms with Gasteiger partial charge in [0, 0.05) is 5.02 Å². The molecule has 0 heterocycles. The molecule has 0 bridgehead atoms. The summed E-state index contributed by atoms with van der Waals surface area (Å²) in [4.78, 5) is 12.8. The molecular formula is C9H11ClN2O4S. The van der Waals surface area contributed by atoms with Crippen molar-refractivity contribution < 1.29 is 17.9 Å². The summed E-state index contributed by atoms with van der Waals surface area (Å²) in [6, 6.07) is 5.50. The molecule has 0 aromatic heterocycles. The average molecular weight is 279 g/mol. The Labute approximate surface area is 104 Å². The van der Waals surface area contributed by atoms with Gasteiger partial charge < -0.3 is 4.74 Å². The normalized spacial score (nSPS) is 10.9. The number of halogens is 1. The summed E-state index contributed by atoms with van der Waals surface area (Å²) in [5, 5.41) is 0.419. The largest absolute Gasteiger partial charge is 0.449 e. The van der Waals surface area contributed by atoms with Crippen molar-refractivity contribution in [2.24, 2.45) is 0 Å². The second-order valence-electron chi connectivity index (χ2n) is 2.90. The summed E-state index contributed by atoms with van der Waals surface area (Å²) in [6.07, 6.45) is -0.870. The van der Waals surface area contributed by atoms with Gasteiger partial charge in [0.25, 0.3) is 10.0 Å². The highest BCUT2D eigenvalue weighted by Crippen LogP contribution is 2.13. The number of sulfonamides is 1. The van der Waals surface area contributed by atoms with Gasteiger partial charge in [-0.1, -0.05) is 11.6 Å². The van der Waals surface area contributed by atoms with Crippen LogP contribution in [0.15, 0.2) is 29.2 Å². The molecule has 0 fully saturated rings. The van der Waals surface area contributed by atoms with Gasteiger partial charge in [-0.3, -0.25) is 0 Å². The minimum Gasteiger partial charge on any atom is -0.449 e. The SMILES string of the molecule is CCOC(=O)NNS(=O)(=O)c1ccc(Cl)cc1. The van der Waals surface area contributed by atoms with Crippen molar-refractivity contribution in [3.05, 3.63) is 29.3 Å². The number of rotatable bonds is 4. The first kappa shape index (κ1) is 13.8. The minimum absolute atomic E-state index is 0.0151. The predicted molar refractivity (Wildman–Crippen MR) is 61.9 cm³/mol. The van der Waals surface area contributed by atoms with Crippen LogP contribution in [-0.4, -0.2) is 21.1 Å². The second kappa shape index (κ2) is 5.85. The lowest BCUT2D eigenvalue weighted by Gasteiger charge is -2.08. The van der Waals surface area contributed by atoms with E-state index in [9.17, 15) is 13.2 Å². The Morgan fingerprint density at radius 1 is 1.35 bits per heavy atom. The second-order valence-corrected chi connectivity index (χ2v) is 5.02. The molecule has 2 N–H and O–H groups in total. The summed E-state index contributed by atoms with van der Waals surface area (Å²) in [6.45, 7) is 1.75. The van der Waals surface area contributed by atoms with E-state index < -0.39 is 16.1 Å². The van der Waals surface area contributed by atoms with Crippen molar-refractivity contribution in [1.82, 2.24) is 10.3 Å². The number of hydrogen-bond acceptors (Lipinski definition) is 4. The first-order valence-electron chi connectivity index (χ1n) is 4.66. The van der Waals surface area contributed by atoms with Crippen LogP contribution in [0.3, 0.4) is 0 Å². The van der Waals surface area contributed by atoms with Gasteiger partial charge in [-0.15, -0.1) is 4.83 Å². The topological polar surface area (TPSA) is 84.5 Å². The van der Waals surface area contributed by atoms with E-state index in [1.807, 2.05) is 10.3 Å². The van der Waals surface area contributed by atoms with E-state index >= 15 is 0 Å².